The Balaban J connectivity index is 1.29. The first kappa shape index (κ1) is 26.1. The van der Waals surface area contributed by atoms with Gasteiger partial charge in [-0.3, -0.25) is 4.90 Å². The maximum absolute atomic E-state index is 11.9. The van der Waals surface area contributed by atoms with Gasteiger partial charge in [-0.05, 0) is 98.4 Å². The van der Waals surface area contributed by atoms with E-state index in [4.69, 9.17) is 4.98 Å². The van der Waals surface area contributed by atoms with E-state index in [1.807, 2.05) is 6.07 Å². The predicted molar refractivity (Wildman–Crippen MR) is 176 cm³/mol. The molecule has 0 saturated carbocycles. The molecule has 5 aliphatic rings. The van der Waals surface area contributed by atoms with Crippen LogP contribution in [-0.2, 0) is 12.8 Å². The van der Waals surface area contributed by atoms with Crippen LogP contribution in [0.5, 0.6) is 5.75 Å². The number of aromatic hydroxyl groups is 1. The normalized spacial score (nSPS) is 29.5. The summed E-state index contributed by atoms with van der Waals surface area (Å²) >= 11 is 0. The number of nitrogens with zero attached hydrogens (tertiary/aromatic N) is 4. The summed E-state index contributed by atoms with van der Waals surface area (Å²) in [7, 11) is 0. The molecule has 1 N–H and O–H groups in total. The van der Waals surface area contributed by atoms with Gasteiger partial charge in [0, 0.05) is 58.8 Å². The molecule has 4 atom stereocenters. The molecule has 0 radical (unpaired) electrons. The number of fused-ring (bicyclic) bond motifs is 8. The van der Waals surface area contributed by atoms with E-state index in [0.29, 0.717) is 17.2 Å². The van der Waals surface area contributed by atoms with Gasteiger partial charge in [0.15, 0.2) is 0 Å². The minimum atomic E-state index is 0.0890. The molecule has 7 heterocycles. The first-order valence-electron chi connectivity index (χ1n) is 16.9. The Morgan fingerprint density at radius 2 is 1.88 bits per heavy atom. The van der Waals surface area contributed by atoms with Crippen LogP contribution in [0.1, 0.15) is 98.8 Å². The quantitative estimate of drug-likeness (QED) is 0.268. The topological polar surface area (TPSA) is 44.5 Å². The number of phenols is 1. The molecule has 0 aliphatic carbocycles. The average molecular weight is 573 g/mol. The Kier molecular flexibility index (Phi) is 5.53. The monoisotopic (exact) mass is 572 g/mol. The number of para-hydroxylation sites is 1. The molecule has 2 bridgehead atoms. The number of anilines is 1. The second kappa shape index (κ2) is 9.11. The van der Waals surface area contributed by atoms with Crippen LogP contribution in [0.3, 0.4) is 0 Å². The Labute approximate surface area is 255 Å². The highest BCUT2D eigenvalue weighted by Crippen LogP contribution is 2.61. The molecule has 0 amide bonds. The lowest BCUT2D eigenvalue weighted by Crippen LogP contribution is -2.53. The zero-order valence-electron chi connectivity index (χ0n) is 25.8. The zero-order chi connectivity index (χ0) is 29.1. The van der Waals surface area contributed by atoms with Gasteiger partial charge in [-0.15, -0.1) is 0 Å². The third kappa shape index (κ3) is 3.40. The van der Waals surface area contributed by atoms with Crippen LogP contribution in [-0.4, -0.2) is 45.7 Å². The molecule has 43 heavy (non-hydrogen) atoms. The average Bonchev–Trinajstić information content (AvgIpc) is 3.38. The lowest BCUT2D eigenvalue weighted by atomic mass is 9.62. The van der Waals surface area contributed by atoms with Gasteiger partial charge < -0.3 is 14.6 Å². The van der Waals surface area contributed by atoms with Gasteiger partial charge in [0.05, 0.1) is 17.6 Å². The molecule has 2 aromatic heterocycles. The number of rotatable bonds is 4. The molecule has 222 valence electrons. The van der Waals surface area contributed by atoms with Crippen molar-refractivity contribution in [2.45, 2.75) is 83.7 Å². The van der Waals surface area contributed by atoms with Crippen LogP contribution >= 0.6 is 0 Å². The number of aromatic nitrogens is 2. The minimum Gasteiger partial charge on any atom is -0.508 e. The summed E-state index contributed by atoms with van der Waals surface area (Å²) in [6.45, 7) is 13.7. The van der Waals surface area contributed by atoms with Crippen molar-refractivity contribution in [1.82, 2.24) is 14.5 Å². The third-order valence-electron chi connectivity index (χ3n) is 12.7. The molecule has 2 fully saturated rings. The molecule has 4 unspecified atom stereocenters. The molecule has 4 aromatic rings. The summed E-state index contributed by atoms with van der Waals surface area (Å²) in [5.74, 6) is 1.51. The lowest BCUT2D eigenvalue weighted by molar-refractivity contribution is -0.0314. The first-order valence-corrected chi connectivity index (χ1v) is 16.9. The fraction of sp³-hybridized carbons (Fsp3) is 0.500. The van der Waals surface area contributed by atoms with Gasteiger partial charge in [0.25, 0.3) is 0 Å². The fourth-order valence-corrected chi connectivity index (χ4v) is 10.6. The minimum absolute atomic E-state index is 0.0890. The fourth-order valence-electron chi connectivity index (χ4n) is 10.6. The van der Waals surface area contributed by atoms with Crippen LogP contribution in [0.25, 0.3) is 27.9 Å². The second-order valence-electron chi connectivity index (χ2n) is 14.5. The Morgan fingerprint density at radius 3 is 2.72 bits per heavy atom. The number of hydrogen-bond acceptors (Lipinski definition) is 4. The highest BCUT2D eigenvalue weighted by atomic mass is 16.3. The summed E-state index contributed by atoms with van der Waals surface area (Å²) in [6.07, 6.45) is 12.7. The van der Waals surface area contributed by atoms with E-state index < -0.39 is 0 Å². The standard InChI is InChI=1S/C38H44N4O/c1-4-24-27-19-28(33(43)20-30(27)39-36-29(24)21-37(5-2)14-9-17-41(36)23-37)32-22-38(6-3)15-10-16-40-18-13-26-25-11-7-8-12-31(25)42(32)34(26)35(38)40/h4,7-8,11-12,19-20,32,35,43H,1,5-6,9-10,13-18,21-23H2,2-3H3. The van der Waals surface area contributed by atoms with E-state index in [2.05, 4.69) is 71.2 Å². The molecule has 2 saturated heterocycles. The van der Waals surface area contributed by atoms with Crippen molar-refractivity contribution >= 4 is 33.7 Å². The molecule has 9 rings (SSSR count). The van der Waals surface area contributed by atoms with E-state index in [-0.39, 0.29) is 11.5 Å². The maximum Gasteiger partial charge on any atom is 0.133 e. The molecule has 0 spiro atoms. The Bertz CT molecular complexity index is 1820. The Hall–Kier alpha value is -3.31. The molecule has 5 heteroatoms. The molecular weight excluding hydrogens is 528 g/mol. The molecular formula is C38H44N4O. The van der Waals surface area contributed by atoms with Crippen molar-refractivity contribution < 1.29 is 5.11 Å². The van der Waals surface area contributed by atoms with E-state index in [1.54, 1.807) is 5.56 Å². The van der Waals surface area contributed by atoms with Crippen LogP contribution in [0, 0.1) is 10.8 Å². The van der Waals surface area contributed by atoms with Gasteiger partial charge in [-0.1, -0.05) is 44.7 Å². The van der Waals surface area contributed by atoms with Crippen LogP contribution in [0.15, 0.2) is 43.0 Å². The van der Waals surface area contributed by atoms with Gasteiger partial charge in [0.1, 0.15) is 11.6 Å². The van der Waals surface area contributed by atoms with Crippen molar-refractivity contribution in [3.05, 3.63) is 70.9 Å². The van der Waals surface area contributed by atoms with Crippen LogP contribution in [0.2, 0.25) is 0 Å². The van der Waals surface area contributed by atoms with Gasteiger partial charge >= 0.3 is 0 Å². The predicted octanol–water partition coefficient (Wildman–Crippen LogP) is 8.17. The number of phenolic OH excluding ortho intramolecular Hbond substituents is 1. The van der Waals surface area contributed by atoms with Gasteiger partial charge in [-0.2, -0.15) is 0 Å². The van der Waals surface area contributed by atoms with E-state index in [0.717, 1.165) is 61.2 Å². The lowest BCUT2D eigenvalue weighted by Gasteiger charge is -2.57. The summed E-state index contributed by atoms with van der Waals surface area (Å²) < 4.78 is 2.66. The third-order valence-corrected chi connectivity index (χ3v) is 12.7. The van der Waals surface area contributed by atoms with E-state index >= 15 is 0 Å². The van der Waals surface area contributed by atoms with Crippen molar-refractivity contribution in [3.63, 3.8) is 0 Å². The van der Waals surface area contributed by atoms with E-state index in [9.17, 15) is 5.11 Å². The van der Waals surface area contributed by atoms with Crippen molar-refractivity contribution in [2.75, 3.05) is 31.1 Å². The summed E-state index contributed by atoms with van der Waals surface area (Å²) in [6, 6.07) is 13.9. The highest BCUT2D eigenvalue weighted by molar-refractivity contribution is 5.94. The number of pyridine rings is 1. The first-order chi connectivity index (χ1) is 21.0. The number of piperidine rings is 2. The highest BCUT2D eigenvalue weighted by Gasteiger charge is 2.53. The number of hydrogen-bond donors (Lipinski definition) is 1. The van der Waals surface area contributed by atoms with Gasteiger partial charge in [0.2, 0.25) is 0 Å². The molecule has 2 aromatic carbocycles. The maximum atomic E-state index is 11.9. The largest absolute Gasteiger partial charge is 0.508 e. The van der Waals surface area contributed by atoms with Crippen molar-refractivity contribution in [2.24, 2.45) is 10.8 Å². The SMILES string of the molecule is C=Cc1c2c(nc3cc(O)c(C4CC5(CC)CCCN6CCc7c(n4c4ccccc74)C65)cc13)N1CCCC(CC)(C2)C1. The summed E-state index contributed by atoms with van der Waals surface area (Å²) in [5.41, 5.74) is 9.50. The van der Waals surface area contributed by atoms with Crippen molar-refractivity contribution in [1.29, 1.82) is 0 Å². The Morgan fingerprint density at radius 1 is 1.02 bits per heavy atom. The molecule has 5 nitrogen and oxygen atoms in total. The smallest absolute Gasteiger partial charge is 0.133 e. The van der Waals surface area contributed by atoms with E-state index in [1.165, 1.54) is 72.8 Å². The second-order valence-corrected chi connectivity index (χ2v) is 14.5. The van der Waals surface area contributed by atoms with Crippen molar-refractivity contribution in [3.8, 4) is 5.75 Å². The summed E-state index contributed by atoms with van der Waals surface area (Å²) in [5, 5.41) is 14.5. The van der Waals surface area contributed by atoms with Crippen LogP contribution in [0.4, 0.5) is 5.82 Å². The summed E-state index contributed by atoms with van der Waals surface area (Å²) in [4.78, 5) is 10.6. The molecule has 5 aliphatic heterocycles. The van der Waals surface area contributed by atoms with Gasteiger partial charge in [-0.25, -0.2) is 4.98 Å². The zero-order valence-corrected chi connectivity index (χ0v) is 25.8. The number of benzene rings is 2. The van der Waals surface area contributed by atoms with Crippen LogP contribution < -0.4 is 4.90 Å².